The number of nitrogens with zero attached hydrogens (tertiary/aromatic N) is 3. The molecule has 1 aromatic carbocycles. The molecule has 0 fully saturated rings. The van der Waals surface area contributed by atoms with Crippen LogP contribution in [0.3, 0.4) is 0 Å². The molecule has 0 radical (unpaired) electrons. The Kier molecular flexibility index (Phi) is 2.69. The van der Waals surface area contributed by atoms with Crippen molar-refractivity contribution < 1.29 is 5.11 Å². The van der Waals surface area contributed by atoms with Crippen LogP contribution < -0.4 is 5.11 Å². The molecule has 15 heavy (non-hydrogen) atoms. The van der Waals surface area contributed by atoms with E-state index in [1.807, 2.05) is 0 Å². The van der Waals surface area contributed by atoms with Crippen molar-refractivity contribution >= 4 is 11.4 Å². The summed E-state index contributed by atoms with van der Waals surface area (Å²) in [6.45, 7) is 0. The van der Waals surface area contributed by atoms with Crippen LogP contribution in [0.2, 0.25) is 0 Å². The Morgan fingerprint density at radius 1 is 0.800 bits per heavy atom. The van der Waals surface area contributed by atoms with E-state index in [1.54, 1.807) is 36.7 Å². The lowest BCUT2D eigenvalue weighted by Crippen LogP contribution is -1.86. The van der Waals surface area contributed by atoms with Crippen LogP contribution in [0.4, 0.5) is 11.4 Å². The van der Waals surface area contributed by atoms with Crippen LogP contribution in [0.5, 0.6) is 5.75 Å². The van der Waals surface area contributed by atoms with Crippen LogP contribution in [-0.2, 0) is 0 Å². The number of aromatic nitrogens is 1. The molecule has 0 unspecified atom stereocenters. The van der Waals surface area contributed by atoms with E-state index in [4.69, 9.17) is 0 Å². The zero-order valence-electron chi connectivity index (χ0n) is 7.87. The molecule has 0 saturated heterocycles. The summed E-state index contributed by atoms with van der Waals surface area (Å²) in [5, 5.41) is 18.8. The van der Waals surface area contributed by atoms with E-state index in [1.165, 1.54) is 12.1 Å². The number of hydrogen-bond donors (Lipinski definition) is 0. The van der Waals surface area contributed by atoms with Gasteiger partial charge in [0.2, 0.25) is 0 Å². The van der Waals surface area contributed by atoms with E-state index >= 15 is 0 Å². The molecule has 4 nitrogen and oxygen atoms in total. The lowest BCUT2D eigenvalue weighted by molar-refractivity contribution is -0.268. The Morgan fingerprint density at radius 2 is 1.33 bits per heavy atom. The van der Waals surface area contributed by atoms with Gasteiger partial charge < -0.3 is 5.11 Å². The minimum atomic E-state index is -0.0298. The summed E-state index contributed by atoms with van der Waals surface area (Å²) in [5.74, 6) is -0.0298. The van der Waals surface area contributed by atoms with Gasteiger partial charge in [-0.1, -0.05) is 12.1 Å². The van der Waals surface area contributed by atoms with Crippen molar-refractivity contribution in [2.24, 2.45) is 10.2 Å². The largest absolute Gasteiger partial charge is 0.872 e. The van der Waals surface area contributed by atoms with Crippen LogP contribution in [-0.4, -0.2) is 4.98 Å². The Morgan fingerprint density at radius 3 is 1.93 bits per heavy atom. The van der Waals surface area contributed by atoms with Crippen molar-refractivity contribution in [3.05, 3.63) is 48.8 Å². The summed E-state index contributed by atoms with van der Waals surface area (Å²) in [4.78, 5) is 3.87. The maximum Gasteiger partial charge on any atom is 0.0887 e. The Labute approximate surface area is 86.9 Å². The highest BCUT2D eigenvalue weighted by atomic mass is 16.3. The molecular weight excluding hydrogens is 190 g/mol. The number of benzene rings is 1. The van der Waals surface area contributed by atoms with Crippen LogP contribution in [0.1, 0.15) is 0 Å². The molecule has 0 amide bonds. The average Bonchev–Trinajstić information content (AvgIpc) is 2.30. The van der Waals surface area contributed by atoms with Gasteiger partial charge in [0, 0.05) is 12.4 Å². The van der Waals surface area contributed by atoms with Gasteiger partial charge in [0.05, 0.1) is 11.4 Å². The number of rotatable bonds is 2. The molecule has 1 heterocycles. The highest BCUT2D eigenvalue weighted by Crippen LogP contribution is 2.18. The van der Waals surface area contributed by atoms with Gasteiger partial charge >= 0.3 is 0 Å². The standard InChI is InChI=1S/C11H9N3O/c15-11-3-1-9(2-4-11)13-14-10-5-7-12-8-6-10/h1-8,15H/p-1. The quantitative estimate of drug-likeness (QED) is 0.696. The van der Waals surface area contributed by atoms with Crippen LogP contribution in [0, 0.1) is 0 Å². The fraction of sp³-hybridized carbons (Fsp3) is 0. The summed E-state index contributed by atoms with van der Waals surface area (Å²) in [6.07, 6.45) is 3.30. The number of pyridine rings is 1. The predicted octanol–water partition coefficient (Wildman–Crippen LogP) is 2.57. The second kappa shape index (κ2) is 4.32. The maximum absolute atomic E-state index is 10.8. The third kappa shape index (κ3) is 2.60. The van der Waals surface area contributed by atoms with Crippen LogP contribution in [0.25, 0.3) is 0 Å². The first-order valence-corrected chi connectivity index (χ1v) is 4.43. The zero-order chi connectivity index (χ0) is 10.5. The zero-order valence-corrected chi connectivity index (χ0v) is 7.87. The van der Waals surface area contributed by atoms with Gasteiger partial charge in [-0.3, -0.25) is 4.98 Å². The topological polar surface area (TPSA) is 60.7 Å². The fourth-order valence-electron chi connectivity index (χ4n) is 1.04. The van der Waals surface area contributed by atoms with Crippen molar-refractivity contribution in [2.45, 2.75) is 0 Å². The second-order valence-corrected chi connectivity index (χ2v) is 2.90. The highest BCUT2D eigenvalue weighted by molar-refractivity contribution is 5.41. The predicted molar refractivity (Wildman–Crippen MR) is 54.3 cm³/mol. The molecule has 0 spiro atoms. The summed E-state index contributed by atoms with van der Waals surface area (Å²) in [5.41, 5.74) is 1.39. The lowest BCUT2D eigenvalue weighted by Gasteiger charge is -2.02. The number of azo groups is 1. The van der Waals surface area contributed by atoms with E-state index in [0.29, 0.717) is 5.69 Å². The molecule has 0 N–H and O–H groups in total. The molecule has 0 aliphatic carbocycles. The van der Waals surface area contributed by atoms with Crippen LogP contribution >= 0.6 is 0 Å². The van der Waals surface area contributed by atoms with E-state index < -0.39 is 0 Å². The normalized spacial score (nSPS) is 10.7. The van der Waals surface area contributed by atoms with E-state index in [9.17, 15) is 5.11 Å². The minimum absolute atomic E-state index is 0.0298. The second-order valence-electron chi connectivity index (χ2n) is 2.90. The minimum Gasteiger partial charge on any atom is -0.872 e. The smallest absolute Gasteiger partial charge is 0.0887 e. The van der Waals surface area contributed by atoms with Gasteiger partial charge in [0.25, 0.3) is 0 Å². The molecule has 2 rings (SSSR count). The molecule has 4 heteroatoms. The lowest BCUT2D eigenvalue weighted by atomic mass is 10.3. The average molecular weight is 198 g/mol. The van der Waals surface area contributed by atoms with Gasteiger partial charge in [0.1, 0.15) is 0 Å². The van der Waals surface area contributed by atoms with Crippen molar-refractivity contribution in [3.8, 4) is 5.75 Å². The first-order valence-electron chi connectivity index (χ1n) is 4.43. The molecular formula is C11H8N3O-. The molecule has 1 aromatic heterocycles. The first-order chi connectivity index (χ1) is 7.34. The van der Waals surface area contributed by atoms with Gasteiger partial charge in [-0.05, 0) is 24.3 Å². The fourth-order valence-corrected chi connectivity index (χ4v) is 1.04. The van der Waals surface area contributed by atoms with Crippen LogP contribution in [0.15, 0.2) is 59.0 Å². The Bertz CT molecular complexity index is 451. The summed E-state index contributed by atoms with van der Waals surface area (Å²) >= 11 is 0. The van der Waals surface area contributed by atoms with Gasteiger partial charge in [-0.25, -0.2) is 0 Å². The van der Waals surface area contributed by atoms with Crippen molar-refractivity contribution in [1.29, 1.82) is 0 Å². The van der Waals surface area contributed by atoms with Crippen molar-refractivity contribution in [1.82, 2.24) is 4.98 Å². The molecule has 0 saturated carbocycles. The van der Waals surface area contributed by atoms with Gasteiger partial charge in [-0.15, -0.1) is 5.75 Å². The Balaban J connectivity index is 2.15. The van der Waals surface area contributed by atoms with Gasteiger partial charge in [-0.2, -0.15) is 10.2 Å². The summed E-state index contributed by atoms with van der Waals surface area (Å²) in [6, 6.07) is 9.69. The highest BCUT2D eigenvalue weighted by Gasteiger charge is 1.88. The molecule has 0 bridgehead atoms. The number of hydrogen-bond acceptors (Lipinski definition) is 4. The molecule has 0 atom stereocenters. The Hall–Kier alpha value is -2.23. The molecule has 74 valence electrons. The van der Waals surface area contributed by atoms with E-state index in [0.717, 1.165) is 5.69 Å². The first kappa shape index (κ1) is 9.33. The third-order valence-corrected chi connectivity index (χ3v) is 1.78. The van der Waals surface area contributed by atoms with E-state index in [2.05, 4.69) is 15.2 Å². The molecule has 0 aliphatic heterocycles. The maximum atomic E-state index is 10.8. The monoisotopic (exact) mass is 198 g/mol. The summed E-state index contributed by atoms with van der Waals surface area (Å²) < 4.78 is 0. The van der Waals surface area contributed by atoms with Crippen molar-refractivity contribution in [3.63, 3.8) is 0 Å². The third-order valence-electron chi connectivity index (χ3n) is 1.78. The molecule has 2 aromatic rings. The van der Waals surface area contributed by atoms with Gasteiger partial charge in [0.15, 0.2) is 0 Å². The SMILES string of the molecule is [O-]c1ccc(N=Nc2ccncc2)cc1. The van der Waals surface area contributed by atoms with E-state index in [-0.39, 0.29) is 5.75 Å². The van der Waals surface area contributed by atoms with Crippen molar-refractivity contribution in [2.75, 3.05) is 0 Å². The molecule has 0 aliphatic rings. The summed E-state index contributed by atoms with van der Waals surface area (Å²) in [7, 11) is 0.